The minimum Gasteiger partial charge on any atom is -0.401 e. The summed E-state index contributed by atoms with van der Waals surface area (Å²) in [7, 11) is -1.91. The fourth-order valence-electron chi connectivity index (χ4n) is 0.574. The average Bonchev–Trinajstić information content (AvgIpc) is 1.87. The second kappa shape index (κ2) is 8.88. The second-order valence-electron chi connectivity index (χ2n) is 1.81. The van der Waals surface area contributed by atoms with Gasteiger partial charge in [0.1, 0.15) is 0 Å². The van der Waals surface area contributed by atoms with E-state index >= 15 is 0 Å². The van der Waals surface area contributed by atoms with Crippen molar-refractivity contribution in [1.82, 2.24) is 11.2 Å². The summed E-state index contributed by atoms with van der Waals surface area (Å²) in [6.07, 6.45) is 0. The Labute approximate surface area is 70.9 Å². The van der Waals surface area contributed by atoms with Crippen molar-refractivity contribution in [2.75, 3.05) is 26.3 Å². The predicted octanol–water partition coefficient (Wildman–Crippen LogP) is -2.66. The molecule has 0 aliphatic heterocycles. The van der Waals surface area contributed by atoms with Crippen LogP contribution in [0.25, 0.3) is 0 Å². The Balaban J connectivity index is 0. The van der Waals surface area contributed by atoms with Crippen LogP contribution in [0.2, 0.25) is 0 Å². The third-order valence-corrected chi connectivity index (χ3v) is 0.942. The van der Waals surface area contributed by atoms with Gasteiger partial charge in [-0.25, -0.2) is 0 Å². The second-order valence-corrected chi connectivity index (χ2v) is 1.81. The highest BCUT2D eigenvalue weighted by molar-refractivity contribution is 6.32. The summed E-state index contributed by atoms with van der Waals surface area (Å²) in [5.41, 5.74) is 0. The summed E-state index contributed by atoms with van der Waals surface area (Å²) >= 11 is 0. The Bertz CT molecular complexity index is 89.5. The van der Waals surface area contributed by atoms with Gasteiger partial charge in [-0.1, -0.05) is 0 Å². The maximum absolute atomic E-state index is 8.41. The zero-order valence-corrected chi connectivity index (χ0v) is 6.76. The molecule has 0 radical (unpaired) electrons. The molecule has 0 aliphatic carbocycles. The van der Waals surface area contributed by atoms with Gasteiger partial charge in [0.25, 0.3) is 0 Å². The van der Waals surface area contributed by atoms with Crippen molar-refractivity contribution in [3.8, 4) is 0 Å². The van der Waals surface area contributed by atoms with Crippen LogP contribution in [0.15, 0.2) is 0 Å². The molecule has 7 N–H and O–H groups in total. The van der Waals surface area contributed by atoms with E-state index in [9.17, 15) is 0 Å². The highest BCUT2D eigenvalue weighted by Gasteiger charge is 2.14. The Kier molecular flexibility index (Phi) is 10.6. The lowest BCUT2D eigenvalue weighted by atomic mass is 10.3. The number of aliphatic hydroxyl groups is 2. The molecule has 0 unspecified atom stereocenters. The molecule has 0 aromatic rings. The Hall–Kier alpha value is -0.215. The third-order valence-electron chi connectivity index (χ3n) is 0.942. The summed E-state index contributed by atoms with van der Waals surface area (Å²) < 4.78 is 4.36. The van der Waals surface area contributed by atoms with Gasteiger partial charge in [-0.15, -0.1) is 0 Å². The van der Waals surface area contributed by atoms with Gasteiger partial charge in [-0.3, -0.25) is 4.76 Å². The van der Waals surface area contributed by atoms with Crippen LogP contribution < -0.4 is 6.15 Å². The molecular weight excluding hydrogens is 167 g/mol. The largest absolute Gasteiger partial charge is 0.651 e. The maximum Gasteiger partial charge on any atom is 0.651 e. The molecule has 0 fully saturated rings. The molecule has 0 aromatic heterocycles. The van der Waals surface area contributed by atoms with Gasteiger partial charge in [0.15, 0.2) is 0 Å². The number of aliphatic hydroxyl groups excluding tert-OH is 2. The molecule has 0 aromatic carbocycles. The van der Waals surface area contributed by atoms with Crippen molar-refractivity contribution >= 4 is 7.32 Å². The van der Waals surface area contributed by atoms with Gasteiger partial charge in [-0.2, -0.15) is 5.06 Å². The number of hydrogen-bond donors (Lipinski definition) is 5. The normalized spacial score (nSPS) is 9.75. The quantitative estimate of drug-likeness (QED) is 0.224. The lowest BCUT2D eigenvalue weighted by Gasteiger charge is -2.18. The number of nitrogens with zero attached hydrogens (tertiary/aromatic N) is 1. The summed E-state index contributed by atoms with van der Waals surface area (Å²) in [6, 6.07) is 0. The molecule has 12 heavy (non-hydrogen) atoms. The summed E-state index contributed by atoms with van der Waals surface area (Å²) in [5.74, 6) is 0. The van der Waals surface area contributed by atoms with Crippen molar-refractivity contribution < 1.29 is 25.0 Å². The third kappa shape index (κ3) is 7.89. The van der Waals surface area contributed by atoms with Crippen LogP contribution in [0, 0.1) is 0 Å². The van der Waals surface area contributed by atoms with E-state index in [0.717, 1.165) is 5.06 Å². The molecule has 0 amide bonds. The summed E-state index contributed by atoms with van der Waals surface area (Å²) in [4.78, 5) is 0. The SMILES string of the molecule is N.OCCN(CCO)OB(O)O. The molecule has 0 saturated carbocycles. The molecular formula is C4H15BN2O5. The standard InChI is InChI=1S/C4H12BNO5.H3N/c7-3-1-6(2-4-8)11-5(9)10;/h7-10H,1-4H2;1H3. The van der Waals surface area contributed by atoms with Gasteiger partial charge in [0.05, 0.1) is 13.2 Å². The zero-order chi connectivity index (χ0) is 8.69. The lowest BCUT2D eigenvalue weighted by Crippen LogP contribution is -2.36. The fourth-order valence-corrected chi connectivity index (χ4v) is 0.574. The summed E-state index contributed by atoms with van der Waals surface area (Å²) in [6.45, 7) is -0.101. The van der Waals surface area contributed by atoms with Crippen LogP contribution in [0.1, 0.15) is 0 Å². The molecule has 0 saturated heterocycles. The minimum atomic E-state index is -1.91. The highest BCUT2D eigenvalue weighted by Crippen LogP contribution is 1.88. The zero-order valence-electron chi connectivity index (χ0n) is 6.76. The van der Waals surface area contributed by atoms with Crippen LogP contribution in [0.4, 0.5) is 0 Å². The monoisotopic (exact) mass is 182 g/mol. The van der Waals surface area contributed by atoms with Crippen LogP contribution in [0.5, 0.6) is 0 Å². The Morgan fingerprint density at radius 2 is 1.50 bits per heavy atom. The van der Waals surface area contributed by atoms with Crippen LogP contribution in [-0.2, 0) is 4.76 Å². The van der Waals surface area contributed by atoms with Crippen molar-refractivity contribution in [3.05, 3.63) is 0 Å². The molecule has 0 atom stereocenters. The van der Waals surface area contributed by atoms with E-state index in [2.05, 4.69) is 4.76 Å². The first-order valence-electron chi connectivity index (χ1n) is 3.20. The van der Waals surface area contributed by atoms with Gasteiger partial charge in [-0.05, 0) is 0 Å². The van der Waals surface area contributed by atoms with Gasteiger partial charge >= 0.3 is 7.32 Å². The molecule has 0 heterocycles. The van der Waals surface area contributed by atoms with Crippen LogP contribution >= 0.6 is 0 Å². The topological polar surface area (TPSA) is 128 Å². The van der Waals surface area contributed by atoms with Crippen LogP contribution in [0.3, 0.4) is 0 Å². The number of hydrogen-bond acceptors (Lipinski definition) is 7. The fraction of sp³-hybridized carbons (Fsp3) is 1.00. The van der Waals surface area contributed by atoms with Crippen molar-refractivity contribution in [2.24, 2.45) is 0 Å². The molecule has 74 valence electrons. The number of rotatable bonds is 6. The average molecular weight is 182 g/mol. The van der Waals surface area contributed by atoms with Gasteiger partial charge in [0.2, 0.25) is 0 Å². The van der Waals surface area contributed by atoms with Gasteiger partial charge in [0, 0.05) is 13.1 Å². The van der Waals surface area contributed by atoms with E-state index in [4.69, 9.17) is 20.3 Å². The van der Waals surface area contributed by atoms with Crippen molar-refractivity contribution in [1.29, 1.82) is 0 Å². The van der Waals surface area contributed by atoms with E-state index in [1.54, 1.807) is 0 Å². The number of hydroxylamine groups is 2. The molecule has 0 rings (SSSR count). The first-order valence-corrected chi connectivity index (χ1v) is 3.20. The molecule has 0 bridgehead atoms. The van der Waals surface area contributed by atoms with E-state index in [1.807, 2.05) is 0 Å². The van der Waals surface area contributed by atoms with E-state index in [1.165, 1.54) is 0 Å². The van der Waals surface area contributed by atoms with E-state index < -0.39 is 7.32 Å². The maximum atomic E-state index is 8.41. The smallest absolute Gasteiger partial charge is 0.401 e. The predicted molar refractivity (Wildman–Crippen MR) is 42.0 cm³/mol. The molecule has 7 nitrogen and oxygen atoms in total. The molecule has 0 spiro atoms. The van der Waals surface area contributed by atoms with Crippen LogP contribution in [-0.4, -0.2) is 58.9 Å². The first kappa shape index (κ1) is 14.3. The van der Waals surface area contributed by atoms with E-state index in [0.29, 0.717) is 0 Å². The van der Waals surface area contributed by atoms with Gasteiger partial charge < -0.3 is 26.4 Å². The highest BCUT2D eigenvalue weighted by atomic mass is 16.7. The Morgan fingerprint density at radius 3 is 1.75 bits per heavy atom. The van der Waals surface area contributed by atoms with E-state index in [-0.39, 0.29) is 32.5 Å². The molecule has 8 heteroatoms. The molecule has 0 aliphatic rings. The Morgan fingerprint density at radius 1 is 1.08 bits per heavy atom. The van der Waals surface area contributed by atoms with Crippen molar-refractivity contribution in [3.63, 3.8) is 0 Å². The minimum absolute atomic E-state index is 0. The lowest BCUT2D eigenvalue weighted by molar-refractivity contribution is -0.108. The summed E-state index contributed by atoms with van der Waals surface area (Å²) in [5, 5.41) is 34.5. The first-order chi connectivity index (χ1) is 5.20. The van der Waals surface area contributed by atoms with Crippen molar-refractivity contribution in [2.45, 2.75) is 0 Å².